The van der Waals surface area contributed by atoms with Crippen LogP contribution < -0.4 is 5.32 Å². The summed E-state index contributed by atoms with van der Waals surface area (Å²) in [6.07, 6.45) is -3.46. The van der Waals surface area contributed by atoms with Gasteiger partial charge in [-0.25, -0.2) is 14.2 Å². The summed E-state index contributed by atoms with van der Waals surface area (Å²) in [5.74, 6) is -2.77. The van der Waals surface area contributed by atoms with E-state index in [1.165, 1.54) is 17.0 Å². The number of nitrogens with zero attached hydrogens (tertiary/aromatic N) is 5. The molecule has 0 spiro atoms. The van der Waals surface area contributed by atoms with Crippen LogP contribution in [-0.2, 0) is 11.3 Å². The van der Waals surface area contributed by atoms with E-state index >= 15 is 0 Å². The first-order valence-corrected chi connectivity index (χ1v) is 12.4. The summed E-state index contributed by atoms with van der Waals surface area (Å²) in [4.78, 5) is 44.2. The first-order chi connectivity index (χ1) is 19.3. The van der Waals surface area contributed by atoms with Gasteiger partial charge in [-0.2, -0.15) is 18.3 Å². The predicted molar refractivity (Wildman–Crippen MR) is 140 cm³/mol. The number of carbonyl (C=O) groups excluding carboxylic acids is 2. The van der Waals surface area contributed by atoms with Gasteiger partial charge in [-0.3, -0.25) is 19.6 Å². The van der Waals surface area contributed by atoms with Crippen molar-refractivity contribution in [2.45, 2.75) is 12.7 Å². The molecule has 4 rings (SSSR count). The molecule has 1 aromatic carbocycles. The van der Waals surface area contributed by atoms with Crippen molar-refractivity contribution in [3.8, 4) is 0 Å². The molecule has 0 unspecified atom stereocenters. The lowest BCUT2D eigenvalue weighted by Gasteiger charge is -2.34. The van der Waals surface area contributed by atoms with E-state index in [4.69, 9.17) is 21.5 Å². The molecule has 0 saturated carbocycles. The number of piperazine rings is 1. The molecule has 220 valence electrons. The Morgan fingerprint density at radius 2 is 1.78 bits per heavy atom. The highest BCUT2D eigenvalue weighted by Crippen LogP contribution is 2.21. The topological polar surface area (TPSA) is 135 Å². The minimum atomic E-state index is -5.08. The van der Waals surface area contributed by atoms with Crippen LogP contribution in [0, 0.1) is 5.82 Å². The van der Waals surface area contributed by atoms with Crippen LogP contribution in [0.25, 0.3) is 0 Å². The fourth-order valence-electron chi connectivity index (χ4n) is 3.76. The van der Waals surface area contributed by atoms with Crippen molar-refractivity contribution < 1.29 is 37.1 Å². The second-order valence-electron chi connectivity index (χ2n) is 9.00. The molecule has 16 heteroatoms. The number of aliphatic carboxylic acids is 1. The number of rotatable bonds is 6. The normalized spacial score (nSPS) is 13.7. The summed E-state index contributed by atoms with van der Waals surface area (Å²) < 4.78 is 46.0. The largest absolute Gasteiger partial charge is 0.490 e. The Morgan fingerprint density at radius 3 is 2.34 bits per heavy atom. The smallest absolute Gasteiger partial charge is 0.475 e. The number of carbonyl (C=O) groups is 3. The van der Waals surface area contributed by atoms with Gasteiger partial charge in [0.1, 0.15) is 11.6 Å². The number of benzene rings is 1. The number of aromatic nitrogens is 3. The standard InChI is InChI=1S/C23H25ClFN7O2.C2HF3O2/c1-30(2)22(33)15-12-16(27-20(13-15)28-19-6-7-26-29-19)14-31-8-10-32(11-9-31)23(34)17-4-3-5-18(24)21(17)25;3-2(4,5)1(6)7/h3-7,12-13H,8-11,14H2,1-2H3,(H2,26,27,28,29);(H,6,7). The Kier molecular flexibility index (Phi) is 10.2. The second kappa shape index (κ2) is 13.4. The zero-order valence-electron chi connectivity index (χ0n) is 21.9. The molecule has 0 bridgehead atoms. The zero-order valence-corrected chi connectivity index (χ0v) is 22.6. The van der Waals surface area contributed by atoms with Crippen LogP contribution in [-0.4, -0.2) is 99.2 Å². The van der Waals surface area contributed by atoms with E-state index in [0.29, 0.717) is 49.9 Å². The van der Waals surface area contributed by atoms with Crippen molar-refractivity contribution in [3.63, 3.8) is 0 Å². The monoisotopic (exact) mass is 599 g/mol. The maximum atomic E-state index is 14.3. The van der Waals surface area contributed by atoms with Crippen LogP contribution >= 0.6 is 11.6 Å². The number of amides is 2. The molecular formula is C25H26ClF4N7O4. The summed E-state index contributed by atoms with van der Waals surface area (Å²) in [6.45, 7) is 2.57. The minimum absolute atomic E-state index is 0.0213. The van der Waals surface area contributed by atoms with E-state index in [0.717, 1.165) is 5.69 Å². The number of aromatic amines is 1. The lowest BCUT2D eigenvalue weighted by Crippen LogP contribution is -2.48. The molecule has 0 atom stereocenters. The lowest BCUT2D eigenvalue weighted by atomic mass is 10.1. The summed E-state index contributed by atoms with van der Waals surface area (Å²) in [5, 5.41) is 16.9. The first-order valence-electron chi connectivity index (χ1n) is 12.0. The molecule has 3 aromatic rings. The second-order valence-corrected chi connectivity index (χ2v) is 9.41. The molecule has 0 aliphatic carbocycles. The van der Waals surface area contributed by atoms with E-state index in [-0.39, 0.29) is 22.4 Å². The SMILES string of the molecule is CN(C)C(=O)c1cc(CN2CCN(C(=O)c3cccc(Cl)c3F)CC2)nc(Nc2ccn[nH]2)c1.O=C(O)C(F)(F)F. The van der Waals surface area contributed by atoms with Gasteiger partial charge >= 0.3 is 12.1 Å². The number of alkyl halides is 3. The number of hydrogen-bond acceptors (Lipinski definition) is 7. The molecule has 0 radical (unpaired) electrons. The third-order valence-corrected chi connectivity index (χ3v) is 6.06. The van der Waals surface area contributed by atoms with Crippen molar-refractivity contribution in [3.05, 3.63) is 70.3 Å². The third kappa shape index (κ3) is 8.62. The Morgan fingerprint density at radius 1 is 1.12 bits per heavy atom. The van der Waals surface area contributed by atoms with Gasteiger partial charge in [0.05, 0.1) is 22.5 Å². The number of anilines is 2. The van der Waals surface area contributed by atoms with Crippen molar-refractivity contribution in [2.75, 3.05) is 45.6 Å². The van der Waals surface area contributed by atoms with Gasteiger partial charge in [-0.05, 0) is 24.3 Å². The van der Waals surface area contributed by atoms with Gasteiger partial charge in [0.25, 0.3) is 11.8 Å². The first kappa shape index (κ1) is 31.3. The number of carboxylic acids is 1. The van der Waals surface area contributed by atoms with Crippen molar-refractivity contribution in [1.29, 1.82) is 0 Å². The number of pyridine rings is 1. The molecule has 1 aliphatic heterocycles. The highest BCUT2D eigenvalue weighted by molar-refractivity contribution is 6.31. The van der Waals surface area contributed by atoms with Crippen LogP contribution in [0.2, 0.25) is 5.02 Å². The Hall–Kier alpha value is -4.24. The average molecular weight is 600 g/mol. The van der Waals surface area contributed by atoms with Gasteiger partial charge in [-0.1, -0.05) is 17.7 Å². The number of hydrogen-bond donors (Lipinski definition) is 3. The number of halogens is 5. The van der Waals surface area contributed by atoms with Crippen LogP contribution in [0.15, 0.2) is 42.6 Å². The molecule has 1 fully saturated rings. The molecule has 1 saturated heterocycles. The maximum absolute atomic E-state index is 14.3. The number of carboxylic acid groups (broad SMARTS) is 1. The quantitative estimate of drug-likeness (QED) is 0.366. The van der Waals surface area contributed by atoms with Crippen LogP contribution in [0.5, 0.6) is 0 Å². The fraction of sp³-hybridized carbons (Fsp3) is 0.320. The molecule has 3 heterocycles. The molecular weight excluding hydrogens is 574 g/mol. The highest BCUT2D eigenvalue weighted by atomic mass is 35.5. The highest BCUT2D eigenvalue weighted by Gasteiger charge is 2.38. The van der Waals surface area contributed by atoms with Crippen LogP contribution in [0.4, 0.5) is 29.2 Å². The van der Waals surface area contributed by atoms with Crippen molar-refractivity contribution >= 4 is 41.0 Å². The van der Waals surface area contributed by atoms with Crippen molar-refractivity contribution in [1.82, 2.24) is 29.9 Å². The predicted octanol–water partition coefficient (Wildman–Crippen LogP) is 3.63. The summed E-state index contributed by atoms with van der Waals surface area (Å²) in [5.41, 5.74) is 1.21. The van der Waals surface area contributed by atoms with Gasteiger partial charge in [0.15, 0.2) is 5.82 Å². The molecule has 11 nitrogen and oxygen atoms in total. The maximum Gasteiger partial charge on any atom is 0.490 e. The van der Waals surface area contributed by atoms with Crippen LogP contribution in [0.1, 0.15) is 26.4 Å². The van der Waals surface area contributed by atoms with Gasteiger partial charge in [0.2, 0.25) is 0 Å². The van der Waals surface area contributed by atoms with Crippen molar-refractivity contribution in [2.24, 2.45) is 0 Å². The van der Waals surface area contributed by atoms with E-state index < -0.39 is 18.0 Å². The average Bonchev–Trinajstić information content (AvgIpc) is 3.42. The number of nitrogens with one attached hydrogen (secondary N) is 2. The van der Waals surface area contributed by atoms with Gasteiger partial charge in [0, 0.05) is 58.4 Å². The van der Waals surface area contributed by atoms with Gasteiger partial charge in [-0.15, -0.1) is 0 Å². The van der Waals surface area contributed by atoms with E-state index in [2.05, 4.69) is 25.4 Å². The number of H-pyrrole nitrogens is 1. The minimum Gasteiger partial charge on any atom is -0.475 e. The third-order valence-electron chi connectivity index (χ3n) is 5.76. The van der Waals surface area contributed by atoms with E-state index in [1.54, 1.807) is 49.5 Å². The Labute approximate surface area is 236 Å². The van der Waals surface area contributed by atoms with Crippen LogP contribution in [0.3, 0.4) is 0 Å². The molecule has 2 amide bonds. The van der Waals surface area contributed by atoms with E-state index in [9.17, 15) is 27.2 Å². The summed E-state index contributed by atoms with van der Waals surface area (Å²) in [6, 6.07) is 9.67. The summed E-state index contributed by atoms with van der Waals surface area (Å²) >= 11 is 5.82. The Balaban J connectivity index is 0.000000587. The molecule has 41 heavy (non-hydrogen) atoms. The van der Waals surface area contributed by atoms with Gasteiger partial charge < -0.3 is 20.2 Å². The van der Waals surface area contributed by atoms with E-state index in [1.807, 2.05) is 0 Å². The molecule has 1 aliphatic rings. The fourth-order valence-corrected chi connectivity index (χ4v) is 3.93. The summed E-state index contributed by atoms with van der Waals surface area (Å²) in [7, 11) is 3.40. The Bertz CT molecular complexity index is 1380. The lowest BCUT2D eigenvalue weighted by molar-refractivity contribution is -0.192. The zero-order chi connectivity index (χ0) is 30.3. The molecule has 3 N–H and O–H groups in total. The molecule has 2 aromatic heterocycles.